The van der Waals surface area contributed by atoms with Crippen LogP contribution in [-0.2, 0) is 6.54 Å². The van der Waals surface area contributed by atoms with Gasteiger partial charge in [0.05, 0.1) is 6.54 Å². The van der Waals surface area contributed by atoms with E-state index in [0.717, 1.165) is 13.1 Å². The van der Waals surface area contributed by atoms with Gasteiger partial charge < -0.3 is 10.6 Å². The number of hydrogen-bond acceptors (Lipinski definition) is 1. The molecule has 0 aliphatic rings. The quantitative estimate of drug-likeness (QED) is 0.602. The van der Waals surface area contributed by atoms with Crippen LogP contribution < -0.4 is 5.73 Å². The van der Waals surface area contributed by atoms with Gasteiger partial charge >= 0.3 is 0 Å². The largest absolute Gasteiger partial charge is 0.370 e. The molecule has 0 atom stereocenters. The van der Waals surface area contributed by atoms with E-state index in [1.165, 1.54) is 5.56 Å². The predicted octanol–water partition coefficient (Wildman–Crippen LogP) is 1.84. The standard InChI is InChI=1S/C12H19N3/c1-3-15(4-2)12(13)14-10-11-8-6-5-7-9-11/h5-9H,3-4,10H2,1-2H3,(H2,13,14). The van der Waals surface area contributed by atoms with E-state index >= 15 is 0 Å². The van der Waals surface area contributed by atoms with Crippen LogP contribution in [0.15, 0.2) is 35.3 Å². The Morgan fingerprint density at radius 2 is 1.80 bits per heavy atom. The van der Waals surface area contributed by atoms with Crippen molar-refractivity contribution in [2.45, 2.75) is 20.4 Å². The molecule has 1 aromatic carbocycles. The molecule has 0 saturated carbocycles. The second-order valence-corrected chi connectivity index (χ2v) is 3.33. The van der Waals surface area contributed by atoms with Crippen LogP contribution in [0.2, 0.25) is 0 Å². The van der Waals surface area contributed by atoms with Crippen molar-refractivity contribution >= 4 is 5.96 Å². The monoisotopic (exact) mass is 205 g/mol. The summed E-state index contributed by atoms with van der Waals surface area (Å²) in [7, 11) is 0. The van der Waals surface area contributed by atoms with Gasteiger partial charge in [0.15, 0.2) is 5.96 Å². The van der Waals surface area contributed by atoms with Gasteiger partial charge in [0.2, 0.25) is 0 Å². The minimum atomic E-state index is 0.629. The molecular weight excluding hydrogens is 186 g/mol. The van der Waals surface area contributed by atoms with E-state index in [0.29, 0.717) is 12.5 Å². The van der Waals surface area contributed by atoms with E-state index < -0.39 is 0 Å². The number of benzene rings is 1. The van der Waals surface area contributed by atoms with E-state index in [2.05, 4.69) is 31.0 Å². The van der Waals surface area contributed by atoms with Gasteiger partial charge in [-0.15, -0.1) is 0 Å². The van der Waals surface area contributed by atoms with Crippen LogP contribution in [-0.4, -0.2) is 23.9 Å². The lowest BCUT2D eigenvalue weighted by molar-refractivity contribution is 0.458. The van der Waals surface area contributed by atoms with Crippen molar-refractivity contribution in [1.29, 1.82) is 0 Å². The zero-order chi connectivity index (χ0) is 11.1. The summed E-state index contributed by atoms with van der Waals surface area (Å²) >= 11 is 0. The summed E-state index contributed by atoms with van der Waals surface area (Å²) in [6.45, 7) is 6.62. The summed E-state index contributed by atoms with van der Waals surface area (Å²) in [5, 5.41) is 0. The number of rotatable bonds is 4. The second kappa shape index (κ2) is 6.06. The Hall–Kier alpha value is -1.51. The van der Waals surface area contributed by atoms with Gasteiger partial charge in [-0.05, 0) is 19.4 Å². The predicted molar refractivity (Wildman–Crippen MR) is 64.7 cm³/mol. The SMILES string of the molecule is CCN(CC)C(N)=NCc1ccccc1. The van der Waals surface area contributed by atoms with Crippen LogP contribution in [0, 0.1) is 0 Å². The Labute approximate surface area is 91.6 Å². The molecule has 15 heavy (non-hydrogen) atoms. The van der Waals surface area contributed by atoms with Crippen molar-refractivity contribution in [3.05, 3.63) is 35.9 Å². The van der Waals surface area contributed by atoms with Crippen LogP contribution in [0.5, 0.6) is 0 Å². The topological polar surface area (TPSA) is 41.6 Å². The van der Waals surface area contributed by atoms with Crippen LogP contribution in [0.25, 0.3) is 0 Å². The molecule has 0 amide bonds. The Morgan fingerprint density at radius 3 is 2.33 bits per heavy atom. The second-order valence-electron chi connectivity index (χ2n) is 3.33. The zero-order valence-electron chi connectivity index (χ0n) is 9.48. The molecule has 0 heterocycles. The van der Waals surface area contributed by atoms with Crippen LogP contribution in [0.3, 0.4) is 0 Å². The van der Waals surface area contributed by atoms with Gasteiger partial charge in [0.25, 0.3) is 0 Å². The fourth-order valence-electron chi connectivity index (χ4n) is 1.40. The smallest absolute Gasteiger partial charge is 0.191 e. The highest BCUT2D eigenvalue weighted by atomic mass is 15.2. The number of nitrogens with zero attached hydrogens (tertiary/aromatic N) is 2. The highest BCUT2D eigenvalue weighted by Gasteiger charge is 2.00. The maximum Gasteiger partial charge on any atom is 0.191 e. The lowest BCUT2D eigenvalue weighted by Gasteiger charge is -2.19. The number of aliphatic imine (C=N–C) groups is 1. The van der Waals surface area contributed by atoms with Crippen LogP contribution in [0.4, 0.5) is 0 Å². The van der Waals surface area contributed by atoms with E-state index in [1.54, 1.807) is 0 Å². The molecule has 82 valence electrons. The van der Waals surface area contributed by atoms with Gasteiger partial charge in [-0.3, -0.25) is 0 Å². The Morgan fingerprint density at radius 1 is 1.20 bits per heavy atom. The minimum Gasteiger partial charge on any atom is -0.370 e. The van der Waals surface area contributed by atoms with Crippen molar-refractivity contribution in [2.75, 3.05) is 13.1 Å². The molecule has 3 heteroatoms. The first kappa shape index (κ1) is 11.6. The molecule has 0 radical (unpaired) electrons. The molecule has 0 fully saturated rings. The van der Waals surface area contributed by atoms with Crippen molar-refractivity contribution in [3.8, 4) is 0 Å². The fraction of sp³-hybridized carbons (Fsp3) is 0.417. The van der Waals surface area contributed by atoms with E-state index in [4.69, 9.17) is 5.73 Å². The molecule has 1 aromatic rings. The highest BCUT2D eigenvalue weighted by Crippen LogP contribution is 2.00. The van der Waals surface area contributed by atoms with Gasteiger partial charge in [0, 0.05) is 13.1 Å². The Bertz CT molecular complexity index is 302. The molecule has 0 bridgehead atoms. The number of guanidine groups is 1. The molecule has 2 N–H and O–H groups in total. The van der Waals surface area contributed by atoms with Crippen LogP contribution in [0.1, 0.15) is 19.4 Å². The molecule has 0 spiro atoms. The van der Waals surface area contributed by atoms with Crippen molar-refractivity contribution < 1.29 is 0 Å². The summed E-state index contributed by atoms with van der Waals surface area (Å²) in [4.78, 5) is 6.40. The first-order valence-electron chi connectivity index (χ1n) is 5.36. The molecule has 0 aliphatic carbocycles. The van der Waals surface area contributed by atoms with Gasteiger partial charge in [-0.1, -0.05) is 30.3 Å². The van der Waals surface area contributed by atoms with Crippen molar-refractivity contribution in [3.63, 3.8) is 0 Å². The Kier molecular flexibility index (Phi) is 4.68. The number of nitrogens with two attached hydrogens (primary N) is 1. The van der Waals surface area contributed by atoms with Crippen molar-refractivity contribution in [2.24, 2.45) is 10.7 Å². The van der Waals surface area contributed by atoms with E-state index in [1.807, 2.05) is 23.1 Å². The number of hydrogen-bond donors (Lipinski definition) is 1. The average Bonchev–Trinajstić information content (AvgIpc) is 2.29. The summed E-state index contributed by atoms with van der Waals surface area (Å²) in [6.07, 6.45) is 0. The zero-order valence-corrected chi connectivity index (χ0v) is 9.48. The maximum absolute atomic E-state index is 5.86. The first-order chi connectivity index (χ1) is 7.27. The normalized spacial score (nSPS) is 11.5. The van der Waals surface area contributed by atoms with Gasteiger partial charge in [-0.25, -0.2) is 4.99 Å². The maximum atomic E-state index is 5.86. The lowest BCUT2D eigenvalue weighted by Crippen LogP contribution is -2.37. The average molecular weight is 205 g/mol. The van der Waals surface area contributed by atoms with E-state index in [-0.39, 0.29) is 0 Å². The fourth-order valence-corrected chi connectivity index (χ4v) is 1.40. The third-order valence-corrected chi connectivity index (χ3v) is 2.35. The molecule has 0 aromatic heterocycles. The van der Waals surface area contributed by atoms with Gasteiger partial charge in [-0.2, -0.15) is 0 Å². The summed E-state index contributed by atoms with van der Waals surface area (Å²) in [6, 6.07) is 10.1. The van der Waals surface area contributed by atoms with E-state index in [9.17, 15) is 0 Å². The third kappa shape index (κ3) is 3.62. The van der Waals surface area contributed by atoms with Crippen molar-refractivity contribution in [1.82, 2.24) is 4.90 Å². The van der Waals surface area contributed by atoms with Gasteiger partial charge in [0.1, 0.15) is 0 Å². The molecule has 0 aliphatic heterocycles. The molecular formula is C12H19N3. The summed E-state index contributed by atoms with van der Waals surface area (Å²) in [5.74, 6) is 0.629. The minimum absolute atomic E-state index is 0.629. The first-order valence-corrected chi connectivity index (χ1v) is 5.36. The summed E-state index contributed by atoms with van der Waals surface area (Å²) < 4.78 is 0. The Balaban J connectivity index is 2.57. The molecule has 3 nitrogen and oxygen atoms in total. The third-order valence-electron chi connectivity index (χ3n) is 2.35. The molecule has 1 rings (SSSR count). The molecule has 0 unspecified atom stereocenters. The highest BCUT2D eigenvalue weighted by molar-refractivity contribution is 5.77. The van der Waals surface area contributed by atoms with Crippen LogP contribution >= 0.6 is 0 Å². The lowest BCUT2D eigenvalue weighted by atomic mass is 10.2. The molecule has 0 saturated heterocycles. The summed E-state index contributed by atoms with van der Waals surface area (Å²) in [5.41, 5.74) is 7.05.